The Morgan fingerprint density at radius 3 is 1.70 bits per heavy atom. The van der Waals surface area contributed by atoms with Gasteiger partial charge in [0.05, 0.1) is 17.7 Å². The standard InChI is InChI=1S/C6H15NO2.ClH/c1-4(8)5(7)6(2,3)9;/h4-5,8-9H,7H2,1-3H3;1H/t4-,5+;/m0./s1. The fraction of sp³-hybridized carbons (Fsp3) is 1.00. The largest absolute Gasteiger partial charge is 0.392 e. The molecule has 0 heterocycles. The Labute approximate surface area is 67.6 Å². The number of halogens is 1. The highest BCUT2D eigenvalue weighted by Gasteiger charge is 2.26. The highest BCUT2D eigenvalue weighted by atomic mass is 35.5. The maximum absolute atomic E-state index is 9.17. The Bertz CT molecular complexity index is 90.2. The van der Waals surface area contributed by atoms with Crippen molar-refractivity contribution in [1.29, 1.82) is 0 Å². The van der Waals surface area contributed by atoms with Gasteiger partial charge < -0.3 is 15.9 Å². The first-order valence-electron chi connectivity index (χ1n) is 3.01. The summed E-state index contributed by atoms with van der Waals surface area (Å²) >= 11 is 0. The van der Waals surface area contributed by atoms with Gasteiger partial charge in [-0.1, -0.05) is 0 Å². The van der Waals surface area contributed by atoms with Crippen molar-refractivity contribution in [2.75, 3.05) is 0 Å². The molecule has 0 saturated carbocycles. The second-order valence-corrected chi connectivity index (χ2v) is 2.92. The lowest BCUT2D eigenvalue weighted by Gasteiger charge is -2.27. The molecular weight excluding hydrogens is 154 g/mol. The van der Waals surface area contributed by atoms with E-state index in [2.05, 4.69) is 0 Å². The Morgan fingerprint density at radius 2 is 1.70 bits per heavy atom. The highest BCUT2D eigenvalue weighted by Crippen LogP contribution is 2.08. The van der Waals surface area contributed by atoms with Crippen molar-refractivity contribution in [2.45, 2.75) is 38.5 Å². The van der Waals surface area contributed by atoms with Crippen LogP contribution in [0.3, 0.4) is 0 Å². The zero-order valence-corrected chi connectivity index (χ0v) is 7.35. The first-order chi connectivity index (χ1) is 3.85. The van der Waals surface area contributed by atoms with Crippen LogP contribution < -0.4 is 5.73 Å². The van der Waals surface area contributed by atoms with Gasteiger partial charge in [-0.15, -0.1) is 12.4 Å². The van der Waals surface area contributed by atoms with Gasteiger partial charge in [-0.3, -0.25) is 0 Å². The molecule has 0 aliphatic rings. The Hall–Kier alpha value is 0.170. The lowest BCUT2D eigenvalue weighted by atomic mass is 9.96. The maximum atomic E-state index is 9.17. The minimum absolute atomic E-state index is 0. The van der Waals surface area contributed by atoms with Crippen LogP contribution in [0.5, 0.6) is 0 Å². The highest BCUT2D eigenvalue weighted by molar-refractivity contribution is 5.85. The third-order valence-electron chi connectivity index (χ3n) is 1.34. The van der Waals surface area contributed by atoms with Gasteiger partial charge in [0, 0.05) is 0 Å². The molecule has 0 fully saturated rings. The summed E-state index contributed by atoms with van der Waals surface area (Å²) in [6.45, 7) is 4.71. The fourth-order valence-corrected chi connectivity index (χ4v) is 0.590. The van der Waals surface area contributed by atoms with Crippen LogP contribution in [0.2, 0.25) is 0 Å². The number of nitrogens with two attached hydrogens (primary N) is 1. The van der Waals surface area contributed by atoms with Crippen LogP contribution in [0.1, 0.15) is 20.8 Å². The van der Waals surface area contributed by atoms with Crippen molar-refractivity contribution >= 4 is 12.4 Å². The Morgan fingerprint density at radius 1 is 1.40 bits per heavy atom. The predicted octanol–water partition coefficient (Wildman–Crippen LogP) is -0.113. The minimum atomic E-state index is -0.992. The summed E-state index contributed by atoms with van der Waals surface area (Å²) in [6, 6.07) is -0.572. The molecule has 0 aromatic carbocycles. The summed E-state index contributed by atoms with van der Waals surface area (Å²) in [5, 5.41) is 18.0. The molecule has 4 N–H and O–H groups in total. The van der Waals surface area contributed by atoms with Gasteiger partial charge >= 0.3 is 0 Å². The number of hydrogen-bond acceptors (Lipinski definition) is 3. The number of aliphatic hydroxyl groups is 2. The van der Waals surface area contributed by atoms with Crippen molar-refractivity contribution in [3.8, 4) is 0 Å². The van der Waals surface area contributed by atoms with Crippen molar-refractivity contribution < 1.29 is 10.2 Å². The maximum Gasteiger partial charge on any atom is 0.0767 e. The van der Waals surface area contributed by atoms with E-state index in [1.807, 2.05) is 0 Å². The van der Waals surface area contributed by atoms with Crippen molar-refractivity contribution in [1.82, 2.24) is 0 Å². The topological polar surface area (TPSA) is 66.5 Å². The predicted molar refractivity (Wildman–Crippen MR) is 43.2 cm³/mol. The molecule has 3 nitrogen and oxygen atoms in total. The molecule has 0 amide bonds. The van der Waals surface area contributed by atoms with Crippen LogP contribution in [0.4, 0.5) is 0 Å². The molecule has 0 aliphatic carbocycles. The third kappa shape index (κ3) is 4.06. The first kappa shape index (κ1) is 12.8. The summed E-state index contributed by atoms with van der Waals surface area (Å²) in [5.41, 5.74) is 4.40. The molecule has 0 rings (SSSR count). The fourth-order valence-electron chi connectivity index (χ4n) is 0.590. The van der Waals surface area contributed by atoms with Crippen LogP contribution in [-0.4, -0.2) is 28.0 Å². The van der Waals surface area contributed by atoms with Gasteiger partial charge in [0.2, 0.25) is 0 Å². The second-order valence-electron chi connectivity index (χ2n) is 2.92. The molecule has 0 unspecified atom stereocenters. The van der Waals surface area contributed by atoms with Gasteiger partial charge in [0.25, 0.3) is 0 Å². The number of aliphatic hydroxyl groups excluding tert-OH is 1. The lowest BCUT2D eigenvalue weighted by Crippen LogP contribution is -2.49. The van der Waals surface area contributed by atoms with E-state index in [1.165, 1.54) is 0 Å². The van der Waals surface area contributed by atoms with Gasteiger partial charge in [-0.05, 0) is 20.8 Å². The molecule has 0 saturated heterocycles. The van der Waals surface area contributed by atoms with Crippen molar-refractivity contribution in [3.63, 3.8) is 0 Å². The number of rotatable bonds is 2. The van der Waals surface area contributed by atoms with Gasteiger partial charge in [0.15, 0.2) is 0 Å². The summed E-state index contributed by atoms with van der Waals surface area (Å²) < 4.78 is 0. The molecule has 64 valence electrons. The Balaban J connectivity index is 0. The smallest absolute Gasteiger partial charge is 0.0767 e. The summed E-state index contributed by atoms with van der Waals surface area (Å²) in [4.78, 5) is 0. The zero-order chi connectivity index (χ0) is 7.65. The molecule has 0 spiro atoms. The van der Waals surface area contributed by atoms with Crippen LogP contribution in [0, 0.1) is 0 Å². The second kappa shape index (κ2) is 4.13. The SMILES string of the molecule is C[C@H](O)[C@@H](N)C(C)(C)O.Cl. The first-order valence-corrected chi connectivity index (χ1v) is 3.01. The molecule has 0 aromatic heterocycles. The molecule has 0 radical (unpaired) electrons. The van der Waals surface area contributed by atoms with Crippen molar-refractivity contribution in [3.05, 3.63) is 0 Å². The number of hydrogen-bond donors (Lipinski definition) is 3. The van der Waals surface area contributed by atoms with E-state index >= 15 is 0 Å². The van der Waals surface area contributed by atoms with Crippen LogP contribution in [0.25, 0.3) is 0 Å². The third-order valence-corrected chi connectivity index (χ3v) is 1.34. The van der Waals surface area contributed by atoms with E-state index in [4.69, 9.17) is 10.8 Å². The molecule has 0 aromatic rings. The van der Waals surface area contributed by atoms with Crippen molar-refractivity contribution in [2.24, 2.45) is 5.73 Å². The van der Waals surface area contributed by atoms with Gasteiger partial charge in [0.1, 0.15) is 0 Å². The zero-order valence-electron chi connectivity index (χ0n) is 6.53. The summed E-state index contributed by atoms with van der Waals surface area (Å²) in [7, 11) is 0. The normalized spacial score (nSPS) is 17.4. The summed E-state index contributed by atoms with van der Waals surface area (Å²) in [5.74, 6) is 0. The van der Waals surface area contributed by atoms with Gasteiger partial charge in [-0.25, -0.2) is 0 Å². The van der Waals surface area contributed by atoms with Crippen LogP contribution >= 0.6 is 12.4 Å². The van der Waals surface area contributed by atoms with E-state index in [0.717, 1.165) is 0 Å². The monoisotopic (exact) mass is 169 g/mol. The average molecular weight is 170 g/mol. The molecule has 10 heavy (non-hydrogen) atoms. The Kier molecular flexibility index (Phi) is 5.29. The molecule has 0 bridgehead atoms. The average Bonchev–Trinajstić information content (AvgIpc) is 1.62. The summed E-state index contributed by atoms with van der Waals surface area (Å²) in [6.07, 6.45) is -0.662. The van der Waals surface area contributed by atoms with Gasteiger partial charge in [-0.2, -0.15) is 0 Å². The van der Waals surface area contributed by atoms with E-state index in [9.17, 15) is 5.11 Å². The quantitative estimate of drug-likeness (QED) is 0.541. The molecule has 2 atom stereocenters. The van der Waals surface area contributed by atoms with Crippen LogP contribution in [-0.2, 0) is 0 Å². The molecule has 0 aliphatic heterocycles. The molecular formula is C6H16ClNO2. The van der Waals surface area contributed by atoms with Crippen LogP contribution in [0.15, 0.2) is 0 Å². The lowest BCUT2D eigenvalue weighted by molar-refractivity contribution is 0.00172. The van der Waals surface area contributed by atoms with E-state index in [1.54, 1.807) is 20.8 Å². The van der Waals surface area contributed by atoms with E-state index in [0.29, 0.717) is 0 Å². The molecule has 4 heteroatoms. The van der Waals surface area contributed by atoms with E-state index < -0.39 is 17.7 Å². The minimum Gasteiger partial charge on any atom is -0.392 e. The van der Waals surface area contributed by atoms with E-state index in [-0.39, 0.29) is 12.4 Å².